The average Bonchev–Trinajstić information content (AvgIpc) is 2.95. The zero-order valence-corrected chi connectivity index (χ0v) is 10.3. The zero-order chi connectivity index (χ0) is 12.7. The van der Waals surface area contributed by atoms with E-state index in [1.54, 1.807) is 16.5 Å². The van der Waals surface area contributed by atoms with Crippen molar-refractivity contribution in [3.05, 3.63) is 34.9 Å². The van der Waals surface area contributed by atoms with E-state index in [0.717, 1.165) is 25.3 Å². The van der Waals surface area contributed by atoms with Gasteiger partial charge in [0.25, 0.3) is 0 Å². The van der Waals surface area contributed by atoms with Crippen molar-refractivity contribution in [3.8, 4) is 0 Å². The largest absolute Gasteiger partial charge is 0.476 e. The molecular formula is C12H12ClN3O2. The van der Waals surface area contributed by atoms with Crippen molar-refractivity contribution in [2.45, 2.75) is 12.3 Å². The predicted molar refractivity (Wildman–Crippen MR) is 67.4 cm³/mol. The lowest BCUT2D eigenvalue weighted by molar-refractivity contribution is 0.0693. The van der Waals surface area contributed by atoms with Crippen LogP contribution in [0.5, 0.6) is 0 Å². The topological polar surface area (TPSA) is 66.6 Å². The molecule has 0 amide bonds. The van der Waals surface area contributed by atoms with Gasteiger partial charge in [0, 0.05) is 18.7 Å². The molecule has 3 heterocycles. The first-order valence-electron chi connectivity index (χ1n) is 5.79. The SMILES string of the molecule is O=C(O)c1nc(C2CCNC2)n2cccc(Cl)c12. The summed E-state index contributed by atoms with van der Waals surface area (Å²) >= 11 is 6.09. The number of nitrogens with zero attached hydrogens (tertiary/aromatic N) is 2. The Kier molecular flexibility index (Phi) is 2.72. The van der Waals surface area contributed by atoms with Crippen molar-refractivity contribution < 1.29 is 9.90 Å². The molecule has 0 aromatic carbocycles. The monoisotopic (exact) mass is 265 g/mol. The summed E-state index contributed by atoms with van der Waals surface area (Å²) in [6, 6.07) is 3.48. The molecule has 0 aliphatic carbocycles. The van der Waals surface area contributed by atoms with Crippen LogP contribution >= 0.6 is 11.6 Å². The van der Waals surface area contributed by atoms with E-state index in [4.69, 9.17) is 11.6 Å². The van der Waals surface area contributed by atoms with Gasteiger partial charge in [-0.1, -0.05) is 11.6 Å². The third kappa shape index (κ3) is 1.67. The highest BCUT2D eigenvalue weighted by atomic mass is 35.5. The van der Waals surface area contributed by atoms with Crippen LogP contribution < -0.4 is 5.32 Å². The van der Waals surface area contributed by atoms with Gasteiger partial charge in [0.1, 0.15) is 5.82 Å². The number of rotatable bonds is 2. The van der Waals surface area contributed by atoms with Gasteiger partial charge in [-0.05, 0) is 25.1 Å². The molecule has 0 bridgehead atoms. The van der Waals surface area contributed by atoms with Crippen LogP contribution in [0.3, 0.4) is 0 Å². The van der Waals surface area contributed by atoms with Gasteiger partial charge in [0.15, 0.2) is 5.69 Å². The summed E-state index contributed by atoms with van der Waals surface area (Å²) < 4.78 is 1.80. The second-order valence-corrected chi connectivity index (χ2v) is 4.80. The Bertz CT molecular complexity index is 617. The summed E-state index contributed by atoms with van der Waals surface area (Å²) in [4.78, 5) is 15.5. The maximum atomic E-state index is 11.2. The standard InChI is InChI=1S/C12H12ClN3O2/c13-8-2-1-5-16-10(8)9(12(17)18)15-11(16)7-3-4-14-6-7/h1-2,5,7,14H,3-4,6H2,(H,17,18). The zero-order valence-electron chi connectivity index (χ0n) is 9.56. The number of hydrogen-bond donors (Lipinski definition) is 2. The molecule has 0 spiro atoms. The second-order valence-electron chi connectivity index (χ2n) is 4.39. The van der Waals surface area contributed by atoms with Gasteiger partial charge in [-0.15, -0.1) is 0 Å². The lowest BCUT2D eigenvalue weighted by Crippen LogP contribution is -2.10. The number of fused-ring (bicyclic) bond motifs is 1. The van der Waals surface area contributed by atoms with E-state index < -0.39 is 5.97 Å². The van der Waals surface area contributed by atoms with Gasteiger partial charge in [0.2, 0.25) is 0 Å². The van der Waals surface area contributed by atoms with Crippen LogP contribution in [0.25, 0.3) is 5.52 Å². The number of hydrogen-bond acceptors (Lipinski definition) is 3. The van der Waals surface area contributed by atoms with E-state index in [2.05, 4.69) is 10.3 Å². The quantitative estimate of drug-likeness (QED) is 0.868. The van der Waals surface area contributed by atoms with Gasteiger partial charge in [0.05, 0.1) is 10.5 Å². The van der Waals surface area contributed by atoms with Crippen molar-refractivity contribution in [3.63, 3.8) is 0 Å². The van der Waals surface area contributed by atoms with E-state index >= 15 is 0 Å². The van der Waals surface area contributed by atoms with Crippen LogP contribution in [0, 0.1) is 0 Å². The maximum absolute atomic E-state index is 11.2. The molecule has 1 saturated heterocycles. The highest BCUT2D eigenvalue weighted by Gasteiger charge is 2.26. The molecule has 0 radical (unpaired) electrons. The molecule has 2 aromatic rings. The minimum Gasteiger partial charge on any atom is -0.476 e. The van der Waals surface area contributed by atoms with Crippen molar-refractivity contribution in [2.75, 3.05) is 13.1 Å². The lowest BCUT2D eigenvalue weighted by Gasteiger charge is -2.07. The fraction of sp³-hybridized carbons (Fsp3) is 0.333. The molecule has 5 nitrogen and oxygen atoms in total. The van der Waals surface area contributed by atoms with Crippen LogP contribution in [-0.4, -0.2) is 33.6 Å². The molecule has 1 aliphatic heterocycles. The predicted octanol–water partition coefficient (Wildman–Crippen LogP) is 1.76. The van der Waals surface area contributed by atoms with Crippen LogP contribution in [-0.2, 0) is 0 Å². The molecule has 0 saturated carbocycles. The molecule has 6 heteroatoms. The number of nitrogens with one attached hydrogen (secondary N) is 1. The number of aromatic carboxylic acids is 1. The molecule has 3 rings (SSSR count). The highest BCUT2D eigenvalue weighted by molar-refractivity contribution is 6.34. The summed E-state index contributed by atoms with van der Waals surface area (Å²) in [6.07, 6.45) is 2.78. The highest BCUT2D eigenvalue weighted by Crippen LogP contribution is 2.28. The Morgan fingerprint density at radius 2 is 2.44 bits per heavy atom. The molecule has 2 N–H and O–H groups in total. The summed E-state index contributed by atoms with van der Waals surface area (Å²) in [5.41, 5.74) is 0.510. The van der Waals surface area contributed by atoms with Crippen molar-refractivity contribution in [1.82, 2.24) is 14.7 Å². The van der Waals surface area contributed by atoms with E-state index in [1.165, 1.54) is 0 Å². The van der Waals surface area contributed by atoms with E-state index in [-0.39, 0.29) is 11.6 Å². The van der Waals surface area contributed by atoms with Gasteiger partial charge in [-0.3, -0.25) is 0 Å². The first-order chi connectivity index (χ1) is 8.68. The van der Waals surface area contributed by atoms with E-state index in [0.29, 0.717) is 10.5 Å². The number of carboxylic acid groups (broad SMARTS) is 1. The Labute approximate surface area is 108 Å². The third-order valence-electron chi connectivity index (χ3n) is 3.27. The molecule has 2 aromatic heterocycles. The fourth-order valence-corrected chi connectivity index (χ4v) is 2.69. The Balaban J connectivity index is 2.26. The van der Waals surface area contributed by atoms with Crippen LogP contribution in [0.2, 0.25) is 5.02 Å². The van der Waals surface area contributed by atoms with Crippen LogP contribution in [0.15, 0.2) is 18.3 Å². The number of pyridine rings is 1. The van der Waals surface area contributed by atoms with Gasteiger partial charge in [-0.2, -0.15) is 0 Å². The van der Waals surface area contributed by atoms with Gasteiger partial charge >= 0.3 is 5.97 Å². The van der Waals surface area contributed by atoms with Crippen molar-refractivity contribution in [2.24, 2.45) is 0 Å². The molecule has 1 aliphatic rings. The summed E-state index contributed by atoms with van der Waals surface area (Å²) in [7, 11) is 0. The van der Waals surface area contributed by atoms with E-state index in [9.17, 15) is 9.90 Å². The normalized spacial score (nSPS) is 19.5. The average molecular weight is 266 g/mol. The summed E-state index contributed by atoms with van der Waals surface area (Å²) in [6.45, 7) is 1.76. The van der Waals surface area contributed by atoms with Crippen molar-refractivity contribution in [1.29, 1.82) is 0 Å². The summed E-state index contributed by atoms with van der Waals surface area (Å²) in [5.74, 6) is -0.0308. The number of halogens is 1. The Morgan fingerprint density at radius 3 is 3.11 bits per heavy atom. The maximum Gasteiger partial charge on any atom is 0.356 e. The molecule has 1 fully saturated rings. The molecule has 1 unspecified atom stereocenters. The number of carboxylic acids is 1. The van der Waals surface area contributed by atoms with Gasteiger partial charge in [-0.25, -0.2) is 9.78 Å². The van der Waals surface area contributed by atoms with Gasteiger partial charge < -0.3 is 14.8 Å². The lowest BCUT2D eigenvalue weighted by atomic mass is 10.1. The van der Waals surface area contributed by atoms with Crippen molar-refractivity contribution >= 4 is 23.1 Å². The molecule has 94 valence electrons. The molecule has 1 atom stereocenters. The molecular weight excluding hydrogens is 254 g/mol. The number of aromatic nitrogens is 2. The van der Waals surface area contributed by atoms with Crippen LogP contribution in [0.4, 0.5) is 0 Å². The smallest absolute Gasteiger partial charge is 0.356 e. The second kappa shape index (κ2) is 4.26. The first-order valence-corrected chi connectivity index (χ1v) is 6.16. The fourth-order valence-electron chi connectivity index (χ4n) is 2.43. The van der Waals surface area contributed by atoms with E-state index in [1.807, 2.05) is 6.20 Å². The number of carbonyl (C=O) groups is 1. The third-order valence-corrected chi connectivity index (χ3v) is 3.58. The molecule has 18 heavy (non-hydrogen) atoms. The minimum absolute atomic E-state index is 0.0301. The Hall–Kier alpha value is -1.59. The summed E-state index contributed by atoms with van der Waals surface area (Å²) in [5, 5.41) is 12.9. The minimum atomic E-state index is -1.04. The first kappa shape index (κ1) is 11.5. The van der Waals surface area contributed by atoms with Crippen LogP contribution in [0.1, 0.15) is 28.7 Å². The number of imidazole rings is 1. The Morgan fingerprint density at radius 1 is 1.61 bits per heavy atom.